The van der Waals surface area contributed by atoms with E-state index in [0.717, 1.165) is 5.56 Å². The SMILES string of the molecule is CC(Cc1ccccc1O)CC(C)(N)C(=O)O. The van der Waals surface area contributed by atoms with Gasteiger partial charge in [-0.05, 0) is 37.3 Å². The number of hydrogen-bond donors (Lipinski definition) is 3. The van der Waals surface area contributed by atoms with Crippen molar-refractivity contribution in [3.05, 3.63) is 29.8 Å². The lowest BCUT2D eigenvalue weighted by molar-refractivity contribution is -0.143. The number of carbonyl (C=O) groups is 1. The van der Waals surface area contributed by atoms with Gasteiger partial charge in [-0.3, -0.25) is 4.79 Å². The fourth-order valence-electron chi connectivity index (χ4n) is 1.94. The van der Waals surface area contributed by atoms with Crippen molar-refractivity contribution in [3.8, 4) is 5.75 Å². The van der Waals surface area contributed by atoms with Crippen molar-refractivity contribution in [1.82, 2.24) is 0 Å². The van der Waals surface area contributed by atoms with Crippen molar-refractivity contribution in [2.75, 3.05) is 0 Å². The number of benzene rings is 1. The fraction of sp³-hybridized carbons (Fsp3) is 0.462. The van der Waals surface area contributed by atoms with Crippen LogP contribution in [-0.4, -0.2) is 21.7 Å². The summed E-state index contributed by atoms with van der Waals surface area (Å²) in [6, 6.07) is 7.07. The minimum atomic E-state index is -1.22. The number of para-hydroxylation sites is 1. The maximum atomic E-state index is 10.9. The molecule has 0 aliphatic carbocycles. The van der Waals surface area contributed by atoms with E-state index < -0.39 is 11.5 Å². The van der Waals surface area contributed by atoms with Crippen molar-refractivity contribution >= 4 is 5.97 Å². The lowest BCUT2D eigenvalue weighted by Gasteiger charge is -2.23. The third-order valence-electron chi connectivity index (χ3n) is 2.82. The zero-order chi connectivity index (χ0) is 13.1. The molecule has 4 heteroatoms. The van der Waals surface area contributed by atoms with Gasteiger partial charge in [-0.2, -0.15) is 0 Å². The normalized spacial score (nSPS) is 16.2. The van der Waals surface area contributed by atoms with Gasteiger partial charge in [-0.15, -0.1) is 0 Å². The molecule has 0 spiro atoms. The number of aliphatic carboxylic acids is 1. The number of nitrogens with two attached hydrogens (primary N) is 1. The molecule has 1 aromatic carbocycles. The van der Waals surface area contributed by atoms with Gasteiger partial charge < -0.3 is 15.9 Å². The van der Waals surface area contributed by atoms with Crippen molar-refractivity contribution in [1.29, 1.82) is 0 Å². The van der Waals surface area contributed by atoms with Crippen LogP contribution >= 0.6 is 0 Å². The Hall–Kier alpha value is -1.55. The molecule has 0 saturated carbocycles. The molecule has 1 rings (SSSR count). The summed E-state index contributed by atoms with van der Waals surface area (Å²) in [5.41, 5.74) is 5.29. The largest absolute Gasteiger partial charge is 0.508 e. The second-order valence-corrected chi connectivity index (χ2v) is 4.86. The third-order valence-corrected chi connectivity index (χ3v) is 2.82. The van der Waals surface area contributed by atoms with Crippen LogP contribution in [0.25, 0.3) is 0 Å². The summed E-state index contributed by atoms with van der Waals surface area (Å²) >= 11 is 0. The smallest absolute Gasteiger partial charge is 0.323 e. The molecule has 0 aromatic heterocycles. The van der Waals surface area contributed by atoms with E-state index in [0.29, 0.717) is 12.8 Å². The fourth-order valence-corrected chi connectivity index (χ4v) is 1.94. The van der Waals surface area contributed by atoms with Gasteiger partial charge in [0, 0.05) is 0 Å². The van der Waals surface area contributed by atoms with Crippen LogP contribution < -0.4 is 5.73 Å². The highest BCUT2D eigenvalue weighted by Crippen LogP contribution is 2.23. The predicted octanol–water partition coefficient (Wildman–Crippen LogP) is 1.76. The Kier molecular flexibility index (Phi) is 4.12. The van der Waals surface area contributed by atoms with Gasteiger partial charge in [-0.25, -0.2) is 0 Å². The van der Waals surface area contributed by atoms with Crippen molar-refractivity contribution in [3.63, 3.8) is 0 Å². The third kappa shape index (κ3) is 3.75. The van der Waals surface area contributed by atoms with Crippen LogP contribution in [0.4, 0.5) is 0 Å². The second kappa shape index (κ2) is 5.19. The summed E-state index contributed by atoms with van der Waals surface area (Å²) in [6.07, 6.45) is 0.989. The van der Waals surface area contributed by atoms with Crippen LogP contribution in [0.5, 0.6) is 5.75 Å². The highest BCUT2D eigenvalue weighted by Gasteiger charge is 2.29. The Balaban J connectivity index is 2.65. The first-order valence-corrected chi connectivity index (χ1v) is 5.62. The van der Waals surface area contributed by atoms with Crippen LogP contribution in [0.15, 0.2) is 24.3 Å². The highest BCUT2D eigenvalue weighted by molar-refractivity contribution is 5.77. The predicted molar refractivity (Wildman–Crippen MR) is 65.8 cm³/mol. The number of phenolic OH excluding ortho intramolecular Hbond substituents is 1. The maximum absolute atomic E-state index is 10.9. The van der Waals surface area contributed by atoms with E-state index in [2.05, 4.69) is 0 Å². The number of phenols is 1. The first kappa shape index (κ1) is 13.5. The summed E-state index contributed by atoms with van der Waals surface area (Å²) in [6.45, 7) is 3.44. The van der Waals surface area contributed by atoms with Gasteiger partial charge in [-0.1, -0.05) is 25.1 Å². The molecule has 17 heavy (non-hydrogen) atoms. The molecule has 2 unspecified atom stereocenters. The van der Waals surface area contributed by atoms with E-state index in [4.69, 9.17) is 10.8 Å². The number of aromatic hydroxyl groups is 1. The highest BCUT2D eigenvalue weighted by atomic mass is 16.4. The molecule has 0 bridgehead atoms. The van der Waals surface area contributed by atoms with Crippen LogP contribution in [0.2, 0.25) is 0 Å². The summed E-state index contributed by atoms with van der Waals surface area (Å²) in [4.78, 5) is 10.9. The topological polar surface area (TPSA) is 83.5 Å². The summed E-state index contributed by atoms with van der Waals surface area (Å²) in [7, 11) is 0. The number of carboxylic acids is 1. The van der Waals surface area contributed by atoms with E-state index in [9.17, 15) is 9.90 Å². The Labute approximate surface area is 101 Å². The molecule has 1 aromatic rings. The molecule has 0 aliphatic heterocycles. The van der Waals surface area contributed by atoms with E-state index >= 15 is 0 Å². The van der Waals surface area contributed by atoms with E-state index in [1.165, 1.54) is 6.92 Å². The van der Waals surface area contributed by atoms with Gasteiger partial charge >= 0.3 is 5.97 Å². The average molecular weight is 237 g/mol. The van der Waals surface area contributed by atoms with Crippen molar-refractivity contribution in [2.24, 2.45) is 11.7 Å². The van der Waals surface area contributed by atoms with Gasteiger partial charge in [0.15, 0.2) is 0 Å². The summed E-state index contributed by atoms with van der Waals surface area (Å²) in [5, 5.41) is 18.6. The minimum Gasteiger partial charge on any atom is -0.508 e. The molecule has 4 nitrogen and oxygen atoms in total. The average Bonchev–Trinajstić information content (AvgIpc) is 2.20. The lowest BCUT2D eigenvalue weighted by atomic mass is 9.87. The first-order chi connectivity index (χ1) is 7.83. The van der Waals surface area contributed by atoms with Gasteiger partial charge in [0.2, 0.25) is 0 Å². The second-order valence-electron chi connectivity index (χ2n) is 4.86. The first-order valence-electron chi connectivity index (χ1n) is 5.62. The molecular weight excluding hydrogens is 218 g/mol. The molecule has 0 aliphatic rings. The summed E-state index contributed by atoms with van der Waals surface area (Å²) in [5.74, 6) is -0.663. The zero-order valence-electron chi connectivity index (χ0n) is 10.2. The van der Waals surface area contributed by atoms with Crippen LogP contribution in [0, 0.1) is 5.92 Å². The Bertz CT molecular complexity index is 401. The summed E-state index contributed by atoms with van der Waals surface area (Å²) < 4.78 is 0. The quantitative estimate of drug-likeness (QED) is 0.728. The van der Waals surface area contributed by atoms with E-state index in [-0.39, 0.29) is 11.7 Å². The number of hydrogen-bond acceptors (Lipinski definition) is 3. The van der Waals surface area contributed by atoms with Crippen LogP contribution in [0.1, 0.15) is 25.8 Å². The Morgan fingerprint density at radius 1 is 1.47 bits per heavy atom. The molecule has 0 amide bonds. The van der Waals surface area contributed by atoms with Crippen molar-refractivity contribution < 1.29 is 15.0 Å². The molecule has 2 atom stereocenters. The van der Waals surface area contributed by atoms with Crippen LogP contribution in [-0.2, 0) is 11.2 Å². The van der Waals surface area contributed by atoms with Gasteiger partial charge in [0.1, 0.15) is 11.3 Å². The molecule has 0 fully saturated rings. The molecule has 94 valence electrons. The zero-order valence-corrected chi connectivity index (χ0v) is 10.2. The monoisotopic (exact) mass is 237 g/mol. The molecule has 0 heterocycles. The van der Waals surface area contributed by atoms with E-state index in [1.807, 2.05) is 19.1 Å². The standard InChI is InChI=1S/C13H19NO3/c1-9(8-13(2,14)12(16)17)7-10-5-3-4-6-11(10)15/h3-6,9,15H,7-8,14H2,1-2H3,(H,16,17). The number of rotatable bonds is 5. The Morgan fingerprint density at radius 3 is 2.59 bits per heavy atom. The Morgan fingerprint density at radius 2 is 2.06 bits per heavy atom. The van der Waals surface area contributed by atoms with Gasteiger partial charge in [0.25, 0.3) is 0 Å². The molecule has 0 radical (unpaired) electrons. The molecular formula is C13H19NO3. The van der Waals surface area contributed by atoms with Gasteiger partial charge in [0.05, 0.1) is 0 Å². The lowest BCUT2D eigenvalue weighted by Crippen LogP contribution is -2.46. The molecule has 4 N–H and O–H groups in total. The van der Waals surface area contributed by atoms with E-state index in [1.54, 1.807) is 12.1 Å². The maximum Gasteiger partial charge on any atom is 0.323 e. The minimum absolute atomic E-state index is 0.0920. The van der Waals surface area contributed by atoms with Crippen molar-refractivity contribution in [2.45, 2.75) is 32.2 Å². The number of carboxylic acid groups (broad SMARTS) is 1. The molecule has 0 saturated heterocycles. The van der Waals surface area contributed by atoms with Crippen LogP contribution in [0.3, 0.4) is 0 Å².